The Balaban J connectivity index is 2.59. The molecule has 0 aliphatic carbocycles. The summed E-state index contributed by atoms with van der Waals surface area (Å²) in [6, 6.07) is 0. The number of nitrogens with zero attached hydrogens (tertiary/aromatic N) is 1. The van der Waals surface area contributed by atoms with Crippen molar-refractivity contribution < 1.29 is 5.11 Å². The topological polar surface area (TPSA) is 98.3 Å². The van der Waals surface area contributed by atoms with Crippen molar-refractivity contribution in [3.8, 4) is 5.88 Å². The number of H-pyrrole nitrogens is 2. The molecule has 1 aromatic rings. The first-order valence-electron chi connectivity index (χ1n) is 4.15. The predicted molar refractivity (Wildman–Crippen MR) is 55.0 cm³/mol. The molecule has 0 aromatic carbocycles. The second-order valence-electron chi connectivity index (χ2n) is 2.88. The lowest BCUT2D eigenvalue weighted by molar-refractivity contribution is 0.447. The Kier molecular flexibility index (Phi) is 2.09. The molecule has 0 atom stereocenters. The summed E-state index contributed by atoms with van der Waals surface area (Å²) in [5, 5.41) is 9.34. The number of nitrogens with one attached hydrogen (secondary N) is 2. The first-order chi connectivity index (χ1) is 7.16. The van der Waals surface area contributed by atoms with Gasteiger partial charge in [-0.1, -0.05) is 0 Å². The summed E-state index contributed by atoms with van der Waals surface area (Å²) in [6.07, 6.45) is 6.31. The molecule has 6 heteroatoms. The SMILES string of the molecule is O=c1[nH]c(O)c(/C=C2\C=CC=N2)c(=O)[nH]1. The maximum Gasteiger partial charge on any atom is 0.328 e. The summed E-state index contributed by atoms with van der Waals surface area (Å²) >= 11 is 0. The summed E-state index contributed by atoms with van der Waals surface area (Å²) in [4.78, 5) is 30.0. The van der Waals surface area contributed by atoms with Gasteiger partial charge in [0, 0.05) is 6.21 Å². The summed E-state index contributed by atoms with van der Waals surface area (Å²) in [5.41, 5.74) is -0.888. The zero-order valence-electron chi connectivity index (χ0n) is 7.52. The molecular weight excluding hydrogens is 198 g/mol. The van der Waals surface area contributed by atoms with E-state index >= 15 is 0 Å². The Bertz CT molecular complexity index is 575. The molecule has 0 radical (unpaired) electrons. The second kappa shape index (κ2) is 3.41. The fraction of sp³-hybridized carbons (Fsp3) is 0. The minimum absolute atomic E-state index is 0.0201. The molecule has 0 bridgehead atoms. The quantitative estimate of drug-likeness (QED) is 0.589. The van der Waals surface area contributed by atoms with E-state index in [9.17, 15) is 14.7 Å². The molecule has 2 heterocycles. The van der Waals surface area contributed by atoms with E-state index in [1.54, 1.807) is 18.4 Å². The summed E-state index contributed by atoms with van der Waals surface area (Å²) in [6.45, 7) is 0. The van der Waals surface area contributed by atoms with Crippen molar-refractivity contribution in [1.29, 1.82) is 0 Å². The summed E-state index contributed by atoms with van der Waals surface area (Å²) in [5.74, 6) is -0.466. The lowest BCUT2D eigenvalue weighted by Gasteiger charge is -1.96. The zero-order chi connectivity index (χ0) is 10.8. The Hall–Kier alpha value is -2.37. The first-order valence-corrected chi connectivity index (χ1v) is 4.15. The Labute approximate surface area is 83.3 Å². The van der Waals surface area contributed by atoms with Gasteiger partial charge in [0.1, 0.15) is 5.56 Å². The molecule has 0 fully saturated rings. The molecular formula is C9H7N3O3. The van der Waals surface area contributed by atoms with E-state index in [1.165, 1.54) is 6.08 Å². The van der Waals surface area contributed by atoms with Crippen molar-refractivity contribution in [3.63, 3.8) is 0 Å². The number of rotatable bonds is 1. The van der Waals surface area contributed by atoms with Gasteiger partial charge in [-0.2, -0.15) is 0 Å². The molecule has 6 nitrogen and oxygen atoms in total. The predicted octanol–water partition coefficient (Wildman–Crippen LogP) is -0.250. The number of aromatic amines is 2. The number of hydrogen-bond donors (Lipinski definition) is 3. The smallest absolute Gasteiger partial charge is 0.328 e. The van der Waals surface area contributed by atoms with Gasteiger partial charge < -0.3 is 5.11 Å². The Morgan fingerprint density at radius 1 is 1.33 bits per heavy atom. The summed E-state index contributed by atoms with van der Waals surface area (Å²) < 4.78 is 0. The molecule has 1 aliphatic heterocycles. The fourth-order valence-electron chi connectivity index (χ4n) is 1.17. The maximum absolute atomic E-state index is 11.3. The van der Waals surface area contributed by atoms with Crippen LogP contribution >= 0.6 is 0 Å². The molecule has 0 amide bonds. The minimum Gasteiger partial charge on any atom is -0.494 e. The third-order valence-corrected chi connectivity index (χ3v) is 1.83. The van der Waals surface area contributed by atoms with E-state index in [0.29, 0.717) is 5.70 Å². The number of aliphatic imine (C=N–C) groups is 1. The highest BCUT2D eigenvalue weighted by atomic mass is 16.3. The molecule has 76 valence electrons. The second-order valence-corrected chi connectivity index (χ2v) is 2.88. The van der Waals surface area contributed by atoms with Crippen LogP contribution in [0.2, 0.25) is 0 Å². The highest BCUT2D eigenvalue weighted by Crippen LogP contribution is 2.13. The van der Waals surface area contributed by atoms with Crippen LogP contribution in [0.25, 0.3) is 6.08 Å². The molecule has 1 aromatic heterocycles. The van der Waals surface area contributed by atoms with Gasteiger partial charge in [0.15, 0.2) is 0 Å². The van der Waals surface area contributed by atoms with E-state index in [4.69, 9.17) is 0 Å². The van der Waals surface area contributed by atoms with Crippen LogP contribution in [0.4, 0.5) is 0 Å². The van der Waals surface area contributed by atoms with Gasteiger partial charge in [-0.05, 0) is 18.2 Å². The highest BCUT2D eigenvalue weighted by Gasteiger charge is 2.06. The Morgan fingerprint density at radius 2 is 2.13 bits per heavy atom. The molecule has 0 unspecified atom stereocenters. The van der Waals surface area contributed by atoms with Gasteiger partial charge in [-0.15, -0.1) is 0 Å². The van der Waals surface area contributed by atoms with Crippen LogP contribution in [-0.2, 0) is 0 Å². The molecule has 0 spiro atoms. The third-order valence-electron chi connectivity index (χ3n) is 1.83. The van der Waals surface area contributed by atoms with Crippen LogP contribution < -0.4 is 11.2 Å². The number of aromatic hydroxyl groups is 1. The number of hydrogen-bond acceptors (Lipinski definition) is 4. The van der Waals surface area contributed by atoms with E-state index in [0.717, 1.165) is 0 Å². The van der Waals surface area contributed by atoms with Gasteiger partial charge in [0.05, 0.1) is 5.70 Å². The van der Waals surface area contributed by atoms with Crippen molar-refractivity contribution in [1.82, 2.24) is 9.97 Å². The van der Waals surface area contributed by atoms with Gasteiger partial charge in [0.2, 0.25) is 5.88 Å². The largest absolute Gasteiger partial charge is 0.494 e. The molecule has 3 N–H and O–H groups in total. The zero-order valence-corrected chi connectivity index (χ0v) is 7.52. The van der Waals surface area contributed by atoms with Crippen molar-refractivity contribution in [2.24, 2.45) is 4.99 Å². The summed E-state index contributed by atoms with van der Waals surface area (Å²) in [7, 11) is 0. The van der Waals surface area contributed by atoms with E-state index in [-0.39, 0.29) is 5.56 Å². The van der Waals surface area contributed by atoms with Crippen LogP contribution in [0, 0.1) is 0 Å². The Morgan fingerprint density at radius 3 is 2.73 bits per heavy atom. The number of aromatic nitrogens is 2. The number of allylic oxidation sites excluding steroid dienone is 2. The van der Waals surface area contributed by atoms with E-state index in [1.807, 2.05) is 4.98 Å². The van der Waals surface area contributed by atoms with E-state index in [2.05, 4.69) is 9.98 Å². The van der Waals surface area contributed by atoms with Crippen LogP contribution in [0.1, 0.15) is 5.56 Å². The first kappa shape index (κ1) is 9.20. The van der Waals surface area contributed by atoms with Gasteiger partial charge in [0.25, 0.3) is 5.56 Å². The molecule has 1 aliphatic rings. The molecule has 2 rings (SSSR count). The average Bonchev–Trinajstić information content (AvgIpc) is 2.63. The highest BCUT2D eigenvalue weighted by molar-refractivity contribution is 5.79. The lowest BCUT2D eigenvalue weighted by atomic mass is 10.2. The fourth-order valence-corrected chi connectivity index (χ4v) is 1.17. The van der Waals surface area contributed by atoms with Gasteiger partial charge in [-0.3, -0.25) is 19.8 Å². The van der Waals surface area contributed by atoms with Crippen molar-refractivity contribution in [2.45, 2.75) is 0 Å². The van der Waals surface area contributed by atoms with Crippen LogP contribution in [0.3, 0.4) is 0 Å². The van der Waals surface area contributed by atoms with Gasteiger partial charge >= 0.3 is 5.69 Å². The monoisotopic (exact) mass is 205 g/mol. The molecule has 15 heavy (non-hydrogen) atoms. The van der Waals surface area contributed by atoms with Gasteiger partial charge in [-0.25, -0.2) is 4.79 Å². The van der Waals surface area contributed by atoms with Crippen LogP contribution in [-0.4, -0.2) is 21.3 Å². The average molecular weight is 205 g/mol. The molecule has 0 saturated heterocycles. The molecule has 0 saturated carbocycles. The maximum atomic E-state index is 11.3. The van der Waals surface area contributed by atoms with Crippen molar-refractivity contribution in [2.75, 3.05) is 0 Å². The van der Waals surface area contributed by atoms with Crippen LogP contribution in [0.15, 0.2) is 32.4 Å². The van der Waals surface area contributed by atoms with E-state index < -0.39 is 17.1 Å². The minimum atomic E-state index is -0.745. The normalized spacial score (nSPS) is 16.4. The van der Waals surface area contributed by atoms with Crippen molar-refractivity contribution in [3.05, 3.63) is 44.3 Å². The van der Waals surface area contributed by atoms with Crippen molar-refractivity contribution >= 4 is 12.3 Å². The standard InChI is InChI=1S/C9H7N3O3/c13-7-6(4-5-2-1-3-10-5)8(14)12-9(15)11-7/h1-4H,(H3,11,12,13,14,15)/b5-4+. The lowest BCUT2D eigenvalue weighted by Crippen LogP contribution is -2.23. The van der Waals surface area contributed by atoms with Crippen LogP contribution in [0.5, 0.6) is 5.88 Å². The third kappa shape index (κ3) is 1.78.